The van der Waals surface area contributed by atoms with Gasteiger partial charge in [0.25, 0.3) is 0 Å². The number of hydrogen-bond acceptors (Lipinski definition) is 6. The van der Waals surface area contributed by atoms with Crippen LogP contribution in [0.15, 0.2) is 65.8 Å². The second-order valence-corrected chi connectivity index (χ2v) is 9.50. The Morgan fingerprint density at radius 2 is 2.06 bits per heavy atom. The first-order valence-corrected chi connectivity index (χ1v) is 12.6. The molecule has 176 valence electrons. The van der Waals surface area contributed by atoms with Crippen LogP contribution in [0.1, 0.15) is 17.5 Å². The third-order valence-electron chi connectivity index (χ3n) is 6.07. The number of nitrogens with zero attached hydrogens (tertiary/aromatic N) is 2. The SMILES string of the molecule is Cc1ccccc1-c1cc2c(c(OC3CCOC3)c1)OCCN(C(=O)CSc1ccccn1)C2. The number of benzene rings is 2. The average molecular weight is 477 g/mol. The number of thioether (sulfide) groups is 1. The summed E-state index contributed by atoms with van der Waals surface area (Å²) in [5, 5.41) is 0.846. The lowest BCUT2D eigenvalue weighted by molar-refractivity contribution is -0.129. The van der Waals surface area contributed by atoms with Crippen LogP contribution in [0.5, 0.6) is 11.5 Å². The molecule has 3 heterocycles. The lowest BCUT2D eigenvalue weighted by atomic mass is 9.97. The van der Waals surface area contributed by atoms with Gasteiger partial charge >= 0.3 is 0 Å². The van der Waals surface area contributed by atoms with Crippen molar-refractivity contribution in [2.45, 2.75) is 31.0 Å². The monoisotopic (exact) mass is 476 g/mol. The summed E-state index contributed by atoms with van der Waals surface area (Å²) >= 11 is 1.46. The zero-order valence-corrected chi connectivity index (χ0v) is 20.1. The Labute approximate surface area is 204 Å². The number of ether oxygens (including phenoxy) is 3. The lowest BCUT2D eigenvalue weighted by Crippen LogP contribution is -2.33. The normalized spacial score (nSPS) is 17.6. The number of carbonyl (C=O) groups is 1. The molecule has 1 fully saturated rings. The van der Waals surface area contributed by atoms with Crippen LogP contribution >= 0.6 is 11.8 Å². The Morgan fingerprint density at radius 3 is 2.85 bits per heavy atom. The summed E-state index contributed by atoms with van der Waals surface area (Å²) in [6.07, 6.45) is 2.61. The van der Waals surface area contributed by atoms with E-state index in [0.717, 1.165) is 39.6 Å². The van der Waals surface area contributed by atoms with Crippen molar-refractivity contribution in [1.29, 1.82) is 0 Å². The summed E-state index contributed by atoms with van der Waals surface area (Å²) in [4.78, 5) is 19.3. The Kier molecular flexibility index (Phi) is 7.02. The maximum absolute atomic E-state index is 13.1. The molecule has 1 saturated heterocycles. The summed E-state index contributed by atoms with van der Waals surface area (Å²) in [5.41, 5.74) is 4.35. The molecule has 34 heavy (non-hydrogen) atoms. The number of rotatable bonds is 6. The van der Waals surface area contributed by atoms with Crippen LogP contribution in [0.4, 0.5) is 0 Å². The highest BCUT2D eigenvalue weighted by Gasteiger charge is 2.26. The van der Waals surface area contributed by atoms with Gasteiger partial charge in [0.1, 0.15) is 12.7 Å². The van der Waals surface area contributed by atoms with E-state index in [0.29, 0.717) is 38.7 Å². The van der Waals surface area contributed by atoms with Crippen molar-refractivity contribution >= 4 is 17.7 Å². The first-order chi connectivity index (χ1) is 16.7. The Morgan fingerprint density at radius 1 is 1.18 bits per heavy atom. The maximum atomic E-state index is 13.1. The maximum Gasteiger partial charge on any atom is 0.233 e. The summed E-state index contributed by atoms with van der Waals surface area (Å²) in [5.74, 6) is 1.87. The van der Waals surface area contributed by atoms with E-state index in [2.05, 4.69) is 36.2 Å². The van der Waals surface area contributed by atoms with Gasteiger partial charge in [-0.2, -0.15) is 0 Å². The van der Waals surface area contributed by atoms with Crippen LogP contribution in [0.25, 0.3) is 11.1 Å². The van der Waals surface area contributed by atoms with Crippen LogP contribution in [-0.4, -0.2) is 54.0 Å². The van der Waals surface area contributed by atoms with Gasteiger partial charge in [-0.25, -0.2) is 4.98 Å². The first-order valence-electron chi connectivity index (χ1n) is 11.6. The average Bonchev–Trinajstić information content (AvgIpc) is 3.27. The van der Waals surface area contributed by atoms with Crippen molar-refractivity contribution in [1.82, 2.24) is 9.88 Å². The van der Waals surface area contributed by atoms with E-state index in [1.165, 1.54) is 17.3 Å². The van der Waals surface area contributed by atoms with E-state index in [4.69, 9.17) is 14.2 Å². The number of aryl methyl sites for hydroxylation is 1. The Hall–Kier alpha value is -3.03. The molecule has 1 atom stereocenters. The third-order valence-corrected chi connectivity index (χ3v) is 7.00. The van der Waals surface area contributed by atoms with Crippen molar-refractivity contribution in [3.8, 4) is 22.6 Å². The molecule has 2 aliphatic heterocycles. The zero-order chi connectivity index (χ0) is 23.3. The fourth-order valence-electron chi connectivity index (χ4n) is 4.28. The van der Waals surface area contributed by atoms with Gasteiger partial charge in [-0.15, -0.1) is 0 Å². The Balaban J connectivity index is 1.43. The quantitative estimate of drug-likeness (QED) is 0.479. The minimum atomic E-state index is 0.00980. The highest BCUT2D eigenvalue weighted by molar-refractivity contribution is 7.99. The fourth-order valence-corrected chi connectivity index (χ4v) is 5.05. The zero-order valence-electron chi connectivity index (χ0n) is 19.2. The standard InChI is InChI=1S/C27H28N2O4S/c1-19-6-2-3-7-23(19)20-14-21-16-29(26(30)18-34-25-8-4-5-10-28-25)11-13-32-27(21)24(15-20)33-22-9-12-31-17-22/h2-8,10,14-15,22H,9,11-13,16-18H2,1H3. The molecule has 3 aromatic rings. The molecule has 0 aliphatic carbocycles. The number of pyridine rings is 1. The highest BCUT2D eigenvalue weighted by Crippen LogP contribution is 2.40. The van der Waals surface area contributed by atoms with Crippen LogP contribution in [0.2, 0.25) is 0 Å². The molecule has 1 unspecified atom stereocenters. The highest BCUT2D eigenvalue weighted by atomic mass is 32.2. The van der Waals surface area contributed by atoms with Gasteiger partial charge in [0.2, 0.25) is 5.91 Å². The second-order valence-electron chi connectivity index (χ2n) is 8.50. The van der Waals surface area contributed by atoms with Gasteiger partial charge in [-0.3, -0.25) is 4.79 Å². The van der Waals surface area contributed by atoms with Gasteiger partial charge in [-0.05, 0) is 47.9 Å². The smallest absolute Gasteiger partial charge is 0.233 e. The summed E-state index contributed by atoms with van der Waals surface area (Å²) in [7, 11) is 0. The van der Waals surface area contributed by atoms with E-state index in [1.807, 2.05) is 35.2 Å². The number of carbonyl (C=O) groups excluding carboxylic acids is 1. The molecule has 0 spiro atoms. The molecule has 1 amide bonds. The second kappa shape index (κ2) is 10.5. The lowest BCUT2D eigenvalue weighted by Gasteiger charge is -2.21. The summed E-state index contributed by atoms with van der Waals surface area (Å²) in [6, 6.07) is 18.2. The van der Waals surface area contributed by atoms with Gasteiger partial charge in [0.15, 0.2) is 11.5 Å². The minimum Gasteiger partial charge on any atom is -0.487 e. The predicted octanol–water partition coefficient (Wildman–Crippen LogP) is 4.74. The molecule has 0 bridgehead atoms. The van der Waals surface area contributed by atoms with Crippen molar-refractivity contribution in [2.75, 3.05) is 32.1 Å². The molecule has 7 heteroatoms. The first kappa shape index (κ1) is 22.7. The van der Waals surface area contributed by atoms with E-state index in [9.17, 15) is 4.79 Å². The molecule has 5 rings (SSSR count). The molecule has 1 aromatic heterocycles. The predicted molar refractivity (Wildman–Crippen MR) is 132 cm³/mol. The van der Waals surface area contributed by atoms with Crippen molar-refractivity contribution in [3.63, 3.8) is 0 Å². The van der Waals surface area contributed by atoms with E-state index >= 15 is 0 Å². The fraction of sp³-hybridized carbons (Fsp3) is 0.333. The van der Waals surface area contributed by atoms with E-state index < -0.39 is 0 Å². The van der Waals surface area contributed by atoms with Gasteiger partial charge in [0, 0.05) is 24.7 Å². The van der Waals surface area contributed by atoms with Crippen molar-refractivity contribution in [2.24, 2.45) is 0 Å². The van der Waals surface area contributed by atoms with Crippen LogP contribution in [0, 0.1) is 6.92 Å². The van der Waals surface area contributed by atoms with Gasteiger partial charge in [0.05, 0.1) is 30.5 Å². The van der Waals surface area contributed by atoms with E-state index in [1.54, 1.807) is 6.20 Å². The van der Waals surface area contributed by atoms with E-state index in [-0.39, 0.29) is 12.0 Å². The number of fused-ring (bicyclic) bond motifs is 1. The molecular weight excluding hydrogens is 448 g/mol. The minimum absolute atomic E-state index is 0.00980. The largest absolute Gasteiger partial charge is 0.487 e. The molecule has 2 aromatic carbocycles. The summed E-state index contributed by atoms with van der Waals surface area (Å²) < 4.78 is 18.1. The van der Waals surface area contributed by atoms with Gasteiger partial charge < -0.3 is 19.1 Å². The van der Waals surface area contributed by atoms with Crippen LogP contribution < -0.4 is 9.47 Å². The van der Waals surface area contributed by atoms with Crippen molar-refractivity contribution in [3.05, 3.63) is 71.9 Å². The molecule has 6 nitrogen and oxygen atoms in total. The Bertz CT molecular complexity index is 1150. The molecular formula is C27H28N2O4S. The number of aromatic nitrogens is 1. The van der Waals surface area contributed by atoms with Crippen LogP contribution in [0.3, 0.4) is 0 Å². The van der Waals surface area contributed by atoms with Crippen LogP contribution in [-0.2, 0) is 16.1 Å². The molecule has 0 radical (unpaired) electrons. The summed E-state index contributed by atoms with van der Waals surface area (Å²) in [6.45, 7) is 4.83. The topological polar surface area (TPSA) is 60.9 Å². The van der Waals surface area contributed by atoms with Gasteiger partial charge in [-0.1, -0.05) is 42.1 Å². The number of amides is 1. The third kappa shape index (κ3) is 5.21. The van der Waals surface area contributed by atoms with Crippen molar-refractivity contribution < 1.29 is 19.0 Å². The molecule has 0 N–H and O–H groups in total. The number of hydrogen-bond donors (Lipinski definition) is 0. The molecule has 0 saturated carbocycles. The molecule has 2 aliphatic rings.